The molecular weight excluding hydrogens is 342 g/mol. The summed E-state index contributed by atoms with van der Waals surface area (Å²) in [5.74, 6) is -0.221. The smallest absolute Gasteiger partial charge is 0.279 e. The van der Waals surface area contributed by atoms with Crippen LogP contribution in [0, 0.1) is 0 Å². The van der Waals surface area contributed by atoms with Gasteiger partial charge in [0, 0.05) is 37.8 Å². The van der Waals surface area contributed by atoms with Crippen LogP contribution in [0.2, 0.25) is 0 Å². The van der Waals surface area contributed by atoms with E-state index < -0.39 is 0 Å². The van der Waals surface area contributed by atoms with E-state index in [1.807, 2.05) is 67.0 Å². The van der Waals surface area contributed by atoms with Gasteiger partial charge in [-0.05, 0) is 35.7 Å². The summed E-state index contributed by atoms with van der Waals surface area (Å²) in [6, 6.07) is 20.0. The van der Waals surface area contributed by atoms with Gasteiger partial charge in [0.25, 0.3) is 5.91 Å². The molecule has 0 aliphatic carbocycles. The lowest BCUT2D eigenvalue weighted by Gasteiger charge is -2.11. The van der Waals surface area contributed by atoms with Crippen molar-refractivity contribution in [2.75, 3.05) is 19.0 Å². The van der Waals surface area contributed by atoms with Crippen LogP contribution in [0.5, 0.6) is 0 Å². The minimum atomic E-state index is -0.221. The Morgan fingerprint density at radius 3 is 2.46 bits per heavy atom. The lowest BCUT2D eigenvalue weighted by Crippen LogP contribution is -2.13. The van der Waals surface area contributed by atoms with E-state index in [1.54, 1.807) is 0 Å². The summed E-state index contributed by atoms with van der Waals surface area (Å²) in [6.45, 7) is 0. The van der Waals surface area contributed by atoms with Crippen molar-refractivity contribution in [3.8, 4) is 0 Å². The molecule has 0 radical (unpaired) electrons. The molecule has 4 nitrogen and oxygen atoms in total. The van der Waals surface area contributed by atoms with Crippen LogP contribution in [0.1, 0.15) is 10.4 Å². The van der Waals surface area contributed by atoms with Gasteiger partial charge in [-0.1, -0.05) is 41.7 Å². The summed E-state index contributed by atoms with van der Waals surface area (Å²) in [4.78, 5) is 19.7. The van der Waals surface area contributed by atoms with Crippen LogP contribution in [-0.4, -0.2) is 24.6 Å². The van der Waals surface area contributed by atoms with Crippen molar-refractivity contribution in [1.29, 1.82) is 0 Å². The van der Waals surface area contributed by atoms with Gasteiger partial charge in [-0.3, -0.25) is 4.79 Å². The Labute approximate surface area is 155 Å². The Bertz CT molecular complexity index is 1180. The number of rotatable bonds is 2. The zero-order valence-corrected chi connectivity index (χ0v) is 15.7. The van der Waals surface area contributed by atoms with Crippen LogP contribution in [0.3, 0.4) is 0 Å². The minimum Gasteiger partial charge on any atom is -0.378 e. The lowest BCUT2D eigenvalue weighted by molar-refractivity contribution is 0.0998. The van der Waals surface area contributed by atoms with Crippen LogP contribution in [0.25, 0.3) is 21.0 Å². The maximum absolute atomic E-state index is 12.6. The van der Waals surface area contributed by atoms with Gasteiger partial charge < -0.3 is 9.47 Å². The molecule has 0 unspecified atom stereocenters. The molecule has 1 amide bonds. The second kappa shape index (κ2) is 6.42. The molecular formula is C21H19N3OS. The molecule has 4 rings (SSSR count). The van der Waals surface area contributed by atoms with Gasteiger partial charge in [-0.25, -0.2) is 0 Å². The molecule has 130 valence electrons. The number of thiazole rings is 1. The van der Waals surface area contributed by atoms with E-state index in [0.29, 0.717) is 10.4 Å². The Morgan fingerprint density at radius 1 is 1.00 bits per heavy atom. The van der Waals surface area contributed by atoms with Crippen LogP contribution < -0.4 is 9.70 Å². The number of aryl methyl sites for hydroxylation is 1. The number of hydrogen-bond donors (Lipinski definition) is 0. The minimum absolute atomic E-state index is 0.221. The van der Waals surface area contributed by atoms with Crippen molar-refractivity contribution in [1.82, 2.24) is 4.57 Å². The van der Waals surface area contributed by atoms with Crippen molar-refractivity contribution in [3.05, 3.63) is 71.0 Å². The summed E-state index contributed by atoms with van der Waals surface area (Å²) in [5.41, 5.74) is 2.76. The van der Waals surface area contributed by atoms with Gasteiger partial charge in [-0.2, -0.15) is 4.99 Å². The number of benzene rings is 3. The number of amides is 1. The van der Waals surface area contributed by atoms with E-state index in [4.69, 9.17) is 0 Å². The van der Waals surface area contributed by atoms with E-state index in [2.05, 4.69) is 29.3 Å². The van der Waals surface area contributed by atoms with Gasteiger partial charge in [0.2, 0.25) is 0 Å². The molecule has 0 fully saturated rings. The predicted octanol–water partition coefficient (Wildman–Crippen LogP) is 4.20. The summed E-state index contributed by atoms with van der Waals surface area (Å²) >= 11 is 1.54. The Kier molecular flexibility index (Phi) is 4.09. The molecule has 0 aliphatic rings. The highest BCUT2D eigenvalue weighted by Crippen LogP contribution is 2.26. The molecule has 4 aromatic rings. The maximum Gasteiger partial charge on any atom is 0.279 e. The molecule has 0 saturated heterocycles. The molecule has 5 heteroatoms. The second-order valence-corrected chi connectivity index (χ2v) is 7.44. The average molecular weight is 361 g/mol. The standard InChI is InChI=1S/C21H19N3OS/c1-23(2)16-11-8-15(9-12-16)20(25)22-21-24(3)19-17-7-5-4-6-14(17)10-13-18(19)26-21/h4-13H,1-3H3. The molecule has 0 spiro atoms. The summed E-state index contributed by atoms with van der Waals surface area (Å²) < 4.78 is 3.13. The van der Waals surface area contributed by atoms with Crippen LogP contribution in [0.4, 0.5) is 5.69 Å². The van der Waals surface area contributed by atoms with E-state index in [-0.39, 0.29) is 5.91 Å². The summed E-state index contributed by atoms with van der Waals surface area (Å²) in [5, 5.41) is 2.36. The molecule has 0 atom stereocenters. The van der Waals surface area contributed by atoms with E-state index in [9.17, 15) is 4.79 Å². The number of carbonyl (C=O) groups is 1. The highest BCUT2D eigenvalue weighted by molar-refractivity contribution is 7.16. The van der Waals surface area contributed by atoms with Gasteiger partial charge in [0.15, 0.2) is 4.80 Å². The number of anilines is 1. The monoisotopic (exact) mass is 361 g/mol. The zero-order chi connectivity index (χ0) is 18.3. The van der Waals surface area contributed by atoms with Crippen LogP contribution in [-0.2, 0) is 7.05 Å². The van der Waals surface area contributed by atoms with Crippen molar-refractivity contribution >= 4 is 43.9 Å². The molecule has 26 heavy (non-hydrogen) atoms. The maximum atomic E-state index is 12.6. The highest BCUT2D eigenvalue weighted by Gasteiger charge is 2.10. The van der Waals surface area contributed by atoms with Crippen LogP contribution >= 0.6 is 11.3 Å². The van der Waals surface area contributed by atoms with Crippen molar-refractivity contribution < 1.29 is 4.79 Å². The lowest BCUT2D eigenvalue weighted by atomic mass is 10.1. The van der Waals surface area contributed by atoms with Gasteiger partial charge in [0.05, 0.1) is 10.2 Å². The van der Waals surface area contributed by atoms with Gasteiger partial charge >= 0.3 is 0 Å². The molecule has 1 heterocycles. The molecule has 3 aromatic carbocycles. The normalized spacial score (nSPS) is 12.0. The first-order chi connectivity index (χ1) is 12.5. The fourth-order valence-electron chi connectivity index (χ4n) is 3.08. The molecule has 0 bridgehead atoms. The van der Waals surface area contributed by atoms with Gasteiger partial charge in [0.1, 0.15) is 0 Å². The Balaban J connectivity index is 1.82. The number of aromatic nitrogens is 1. The van der Waals surface area contributed by atoms with Crippen molar-refractivity contribution in [3.63, 3.8) is 0 Å². The summed E-state index contributed by atoms with van der Waals surface area (Å²) in [6.07, 6.45) is 0. The Hall–Kier alpha value is -2.92. The fraction of sp³-hybridized carbons (Fsp3) is 0.143. The molecule has 0 N–H and O–H groups in total. The SMILES string of the molecule is CN(C)c1ccc(C(=O)N=c2sc3ccc4ccccc4c3n2C)cc1. The van der Waals surface area contributed by atoms with E-state index >= 15 is 0 Å². The average Bonchev–Trinajstić information content (AvgIpc) is 2.98. The van der Waals surface area contributed by atoms with Gasteiger partial charge in [-0.15, -0.1) is 0 Å². The topological polar surface area (TPSA) is 37.6 Å². The third kappa shape index (κ3) is 2.80. The number of carbonyl (C=O) groups excluding carboxylic acids is 1. The highest BCUT2D eigenvalue weighted by atomic mass is 32.1. The summed E-state index contributed by atoms with van der Waals surface area (Å²) in [7, 11) is 5.91. The Morgan fingerprint density at radius 2 is 1.73 bits per heavy atom. The van der Waals surface area contributed by atoms with E-state index in [0.717, 1.165) is 15.9 Å². The third-order valence-corrected chi connectivity index (χ3v) is 5.61. The van der Waals surface area contributed by atoms with Crippen molar-refractivity contribution in [2.45, 2.75) is 0 Å². The first-order valence-corrected chi connectivity index (χ1v) is 9.20. The first kappa shape index (κ1) is 16.5. The second-order valence-electron chi connectivity index (χ2n) is 6.44. The predicted molar refractivity (Wildman–Crippen MR) is 109 cm³/mol. The molecule has 0 saturated carbocycles. The van der Waals surface area contributed by atoms with Crippen molar-refractivity contribution in [2.24, 2.45) is 12.0 Å². The van der Waals surface area contributed by atoms with E-state index in [1.165, 1.54) is 22.1 Å². The molecule has 0 aliphatic heterocycles. The number of hydrogen-bond acceptors (Lipinski definition) is 3. The third-order valence-electron chi connectivity index (χ3n) is 4.51. The zero-order valence-electron chi connectivity index (χ0n) is 14.9. The molecule has 1 aromatic heterocycles. The number of nitrogens with zero attached hydrogens (tertiary/aromatic N) is 3. The quantitative estimate of drug-likeness (QED) is 0.537. The largest absolute Gasteiger partial charge is 0.378 e. The van der Waals surface area contributed by atoms with Crippen LogP contribution in [0.15, 0.2) is 65.7 Å². The fourth-order valence-corrected chi connectivity index (χ4v) is 4.11. The number of fused-ring (bicyclic) bond motifs is 3. The first-order valence-electron chi connectivity index (χ1n) is 8.38.